The van der Waals surface area contributed by atoms with Crippen LogP contribution in [0.2, 0.25) is 0 Å². The molecule has 3 nitrogen and oxygen atoms in total. The summed E-state index contributed by atoms with van der Waals surface area (Å²) in [6.07, 6.45) is 0. The molecule has 4 heteroatoms. The fraction of sp³-hybridized carbons (Fsp3) is 0.444. The van der Waals surface area contributed by atoms with E-state index in [9.17, 15) is 4.79 Å². The normalized spacial score (nSPS) is 20.8. The summed E-state index contributed by atoms with van der Waals surface area (Å²) in [5.74, 6) is 0.385. The number of nitrogens with one attached hydrogen (secondary N) is 2. The summed E-state index contributed by atoms with van der Waals surface area (Å²) >= 11 is 1.62. The highest BCUT2D eigenvalue weighted by Gasteiger charge is 2.28. The van der Waals surface area contributed by atoms with Gasteiger partial charge in [0.15, 0.2) is 0 Å². The van der Waals surface area contributed by atoms with Gasteiger partial charge in [-0.05, 0) is 17.4 Å². The van der Waals surface area contributed by atoms with E-state index < -0.39 is 0 Å². The average molecular weight is 196 g/mol. The molecule has 0 saturated heterocycles. The molecule has 1 aromatic heterocycles. The van der Waals surface area contributed by atoms with Gasteiger partial charge in [-0.3, -0.25) is 4.79 Å². The van der Waals surface area contributed by atoms with Gasteiger partial charge in [0.25, 0.3) is 0 Å². The van der Waals surface area contributed by atoms with Gasteiger partial charge in [-0.15, -0.1) is 11.3 Å². The van der Waals surface area contributed by atoms with Crippen molar-refractivity contribution in [2.24, 2.45) is 5.92 Å². The second-order valence-electron chi connectivity index (χ2n) is 3.52. The molecule has 1 unspecified atom stereocenters. The first-order valence-corrected chi connectivity index (χ1v) is 5.21. The highest BCUT2D eigenvalue weighted by Crippen LogP contribution is 2.33. The second kappa shape index (κ2) is 3.03. The molecule has 1 amide bonds. The third-order valence-electron chi connectivity index (χ3n) is 2.16. The van der Waals surface area contributed by atoms with E-state index in [1.807, 2.05) is 25.3 Å². The van der Waals surface area contributed by atoms with Crippen molar-refractivity contribution in [2.45, 2.75) is 19.9 Å². The van der Waals surface area contributed by atoms with Crippen LogP contribution < -0.4 is 10.6 Å². The van der Waals surface area contributed by atoms with Gasteiger partial charge in [-0.1, -0.05) is 13.8 Å². The minimum Gasteiger partial charge on any atom is -0.363 e. The predicted octanol–water partition coefficient (Wildman–Crippen LogP) is 2.14. The molecule has 13 heavy (non-hydrogen) atoms. The first-order chi connectivity index (χ1) is 6.18. The van der Waals surface area contributed by atoms with Crippen molar-refractivity contribution in [1.82, 2.24) is 0 Å². The number of anilines is 2. The Labute approximate surface area is 81.2 Å². The van der Waals surface area contributed by atoms with Gasteiger partial charge >= 0.3 is 0 Å². The molecule has 0 radical (unpaired) electrons. The van der Waals surface area contributed by atoms with Crippen LogP contribution in [-0.2, 0) is 4.79 Å². The summed E-state index contributed by atoms with van der Waals surface area (Å²) in [4.78, 5) is 11.5. The molecule has 70 valence electrons. The van der Waals surface area contributed by atoms with Crippen LogP contribution in [0.1, 0.15) is 13.8 Å². The zero-order valence-electron chi connectivity index (χ0n) is 7.63. The Hall–Kier alpha value is -1.03. The van der Waals surface area contributed by atoms with Crippen molar-refractivity contribution in [2.75, 3.05) is 10.6 Å². The summed E-state index contributed by atoms with van der Waals surface area (Å²) in [6, 6.07) is 1.83. The van der Waals surface area contributed by atoms with Crippen LogP contribution in [0.3, 0.4) is 0 Å². The highest BCUT2D eigenvalue weighted by atomic mass is 32.1. The molecular formula is C9H12N2OS. The lowest BCUT2D eigenvalue weighted by atomic mass is 10.0. The SMILES string of the molecule is CC(C)C1Nc2sccc2NC1=O. The van der Waals surface area contributed by atoms with Crippen LogP contribution in [-0.4, -0.2) is 11.9 Å². The van der Waals surface area contributed by atoms with Crippen molar-refractivity contribution in [3.63, 3.8) is 0 Å². The number of carbonyl (C=O) groups is 1. The van der Waals surface area contributed by atoms with Crippen molar-refractivity contribution in [1.29, 1.82) is 0 Å². The van der Waals surface area contributed by atoms with Crippen LogP contribution in [0.5, 0.6) is 0 Å². The lowest BCUT2D eigenvalue weighted by Crippen LogP contribution is -2.41. The van der Waals surface area contributed by atoms with Gasteiger partial charge in [0, 0.05) is 0 Å². The van der Waals surface area contributed by atoms with Crippen molar-refractivity contribution in [3.05, 3.63) is 11.4 Å². The summed E-state index contributed by atoms with van der Waals surface area (Å²) in [7, 11) is 0. The Morgan fingerprint density at radius 1 is 1.54 bits per heavy atom. The molecule has 2 rings (SSSR count). The highest BCUT2D eigenvalue weighted by molar-refractivity contribution is 7.15. The molecule has 0 spiro atoms. The first-order valence-electron chi connectivity index (χ1n) is 4.33. The largest absolute Gasteiger partial charge is 0.363 e. The molecular weight excluding hydrogens is 184 g/mol. The molecule has 1 atom stereocenters. The van der Waals surface area contributed by atoms with E-state index in [0.29, 0.717) is 5.92 Å². The van der Waals surface area contributed by atoms with Gasteiger partial charge in [0.05, 0.1) is 5.69 Å². The minimum atomic E-state index is -0.0915. The van der Waals surface area contributed by atoms with Crippen LogP contribution in [0, 0.1) is 5.92 Å². The van der Waals surface area contributed by atoms with E-state index in [1.54, 1.807) is 11.3 Å². The fourth-order valence-corrected chi connectivity index (χ4v) is 2.19. The summed E-state index contributed by atoms with van der Waals surface area (Å²) < 4.78 is 0. The first kappa shape index (κ1) is 8.56. The molecule has 0 aromatic carbocycles. The molecule has 1 aliphatic heterocycles. The number of thiophene rings is 1. The molecule has 1 aliphatic rings. The smallest absolute Gasteiger partial charge is 0.247 e. The van der Waals surface area contributed by atoms with Gasteiger partial charge in [-0.2, -0.15) is 0 Å². The second-order valence-corrected chi connectivity index (χ2v) is 4.43. The van der Waals surface area contributed by atoms with Crippen LogP contribution in [0.15, 0.2) is 11.4 Å². The van der Waals surface area contributed by atoms with E-state index in [2.05, 4.69) is 10.6 Å². The lowest BCUT2D eigenvalue weighted by molar-refractivity contribution is -0.117. The minimum absolute atomic E-state index is 0.0703. The van der Waals surface area contributed by atoms with Gasteiger partial charge in [0.2, 0.25) is 5.91 Å². The Balaban J connectivity index is 2.27. The molecule has 0 fully saturated rings. The number of rotatable bonds is 1. The van der Waals surface area contributed by atoms with Crippen molar-refractivity contribution in [3.8, 4) is 0 Å². The van der Waals surface area contributed by atoms with E-state index in [4.69, 9.17) is 0 Å². The standard InChI is InChI=1S/C9H12N2OS/c1-5(2)7-8(12)10-6-3-4-13-9(6)11-7/h3-5,7,11H,1-2H3,(H,10,12). The molecule has 0 aliphatic carbocycles. The van der Waals surface area contributed by atoms with E-state index in [0.717, 1.165) is 10.7 Å². The Kier molecular flexibility index (Phi) is 2.00. The maximum atomic E-state index is 11.5. The van der Waals surface area contributed by atoms with Crippen LogP contribution in [0.4, 0.5) is 10.7 Å². The van der Waals surface area contributed by atoms with Crippen molar-refractivity contribution >= 4 is 27.9 Å². The molecule has 2 N–H and O–H groups in total. The Morgan fingerprint density at radius 2 is 2.31 bits per heavy atom. The molecule has 2 heterocycles. The molecule has 0 saturated carbocycles. The number of hydrogen-bond donors (Lipinski definition) is 2. The van der Waals surface area contributed by atoms with E-state index >= 15 is 0 Å². The van der Waals surface area contributed by atoms with E-state index in [-0.39, 0.29) is 11.9 Å². The lowest BCUT2D eigenvalue weighted by Gasteiger charge is -2.26. The topological polar surface area (TPSA) is 41.1 Å². The van der Waals surface area contributed by atoms with Crippen LogP contribution >= 0.6 is 11.3 Å². The third kappa shape index (κ3) is 1.42. The van der Waals surface area contributed by atoms with Gasteiger partial charge in [0.1, 0.15) is 11.0 Å². The summed E-state index contributed by atoms with van der Waals surface area (Å²) in [6.45, 7) is 4.08. The van der Waals surface area contributed by atoms with Crippen molar-refractivity contribution < 1.29 is 4.79 Å². The van der Waals surface area contributed by atoms with E-state index in [1.165, 1.54) is 0 Å². The van der Waals surface area contributed by atoms with Gasteiger partial charge in [-0.25, -0.2) is 0 Å². The van der Waals surface area contributed by atoms with Crippen LogP contribution in [0.25, 0.3) is 0 Å². The van der Waals surface area contributed by atoms with Gasteiger partial charge < -0.3 is 10.6 Å². The average Bonchev–Trinajstić information content (AvgIpc) is 2.48. The number of hydrogen-bond acceptors (Lipinski definition) is 3. The number of fused-ring (bicyclic) bond motifs is 1. The maximum absolute atomic E-state index is 11.5. The number of carbonyl (C=O) groups excluding carboxylic acids is 1. The Morgan fingerprint density at radius 3 is 3.00 bits per heavy atom. The Bertz CT molecular complexity index is 332. The fourth-order valence-electron chi connectivity index (χ4n) is 1.41. The maximum Gasteiger partial charge on any atom is 0.247 e. The zero-order valence-corrected chi connectivity index (χ0v) is 8.44. The number of amides is 1. The predicted molar refractivity (Wildman–Crippen MR) is 55.2 cm³/mol. The summed E-state index contributed by atoms with van der Waals surface area (Å²) in [5.41, 5.74) is 0.909. The quantitative estimate of drug-likeness (QED) is 0.722. The molecule has 0 bridgehead atoms. The third-order valence-corrected chi connectivity index (χ3v) is 3.00. The summed E-state index contributed by atoms with van der Waals surface area (Å²) in [5, 5.41) is 9.15. The molecule has 1 aromatic rings. The zero-order chi connectivity index (χ0) is 9.42. The monoisotopic (exact) mass is 196 g/mol.